The van der Waals surface area contributed by atoms with Crippen LogP contribution in [-0.2, 0) is 15.1 Å². The smallest absolute Gasteiger partial charge is 0.317 e. The Hall–Kier alpha value is -2.12. The van der Waals surface area contributed by atoms with Crippen LogP contribution in [-0.4, -0.2) is 59.0 Å². The molecule has 5 rings (SSSR count). The number of aliphatic carboxylic acids is 1. The Balaban J connectivity index is 1.72. The summed E-state index contributed by atoms with van der Waals surface area (Å²) in [6.07, 6.45) is 4.02. The van der Waals surface area contributed by atoms with Crippen molar-refractivity contribution in [2.75, 3.05) is 25.0 Å². The highest BCUT2D eigenvalue weighted by atomic mass is 35.5. The van der Waals surface area contributed by atoms with Crippen LogP contribution in [0.4, 0.5) is 5.69 Å². The lowest BCUT2D eigenvalue weighted by molar-refractivity contribution is -0.138. The van der Waals surface area contributed by atoms with E-state index in [1.54, 1.807) is 6.07 Å². The number of carbonyl (C=O) groups excluding carboxylic acids is 1. The number of carbonyl (C=O) groups is 2. The van der Waals surface area contributed by atoms with Gasteiger partial charge < -0.3 is 10.4 Å². The fraction of sp³-hybridized carbons (Fsp3) is 0.462. The summed E-state index contributed by atoms with van der Waals surface area (Å²) in [4.78, 5) is 28.0. The van der Waals surface area contributed by atoms with E-state index in [2.05, 4.69) is 28.1 Å². The molecule has 34 heavy (non-hydrogen) atoms. The Labute approximate surface area is 209 Å². The third-order valence-electron chi connectivity index (χ3n) is 7.91. The van der Waals surface area contributed by atoms with Gasteiger partial charge >= 0.3 is 5.97 Å². The van der Waals surface area contributed by atoms with Gasteiger partial charge in [-0.05, 0) is 67.5 Å². The van der Waals surface area contributed by atoms with Gasteiger partial charge in [0.05, 0.1) is 12.1 Å². The zero-order valence-corrected chi connectivity index (χ0v) is 20.6. The lowest BCUT2D eigenvalue weighted by Gasteiger charge is -2.44. The molecule has 0 radical (unpaired) electrons. The van der Waals surface area contributed by atoms with E-state index in [0.717, 1.165) is 30.6 Å². The van der Waals surface area contributed by atoms with Crippen LogP contribution in [0.1, 0.15) is 43.2 Å². The maximum absolute atomic E-state index is 11.8. The third kappa shape index (κ3) is 4.11. The van der Waals surface area contributed by atoms with Crippen LogP contribution in [0.5, 0.6) is 0 Å². The summed E-state index contributed by atoms with van der Waals surface area (Å²) in [5.74, 6) is -0.228. The number of carboxylic acids is 1. The second kappa shape index (κ2) is 9.15. The molecule has 180 valence electrons. The molecule has 2 aromatic carbocycles. The second-order valence-corrected chi connectivity index (χ2v) is 10.8. The predicted molar refractivity (Wildman–Crippen MR) is 134 cm³/mol. The van der Waals surface area contributed by atoms with Crippen molar-refractivity contribution in [1.29, 1.82) is 0 Å². The first-order valence-electron chi connectivity index (χ1n) is 11.8. The molecule has 0 bridgehead atoms. The standard InChI is InChI=1S/C26H29Cl2N3O3/c1-26(20-8-7-19(28)12-21(20)29-15-32)24(17-3-2-4-18(27)11-17)25-22(31(26)13-16-5-6-16)9-10-30(25)14-23(33)34/h2-4,7-8,11-12,15-16,22,24-25H,5-6,9-10,13-14H2,1H3,(H,29,32)(H,33,34)/t22-,24-,25+,26+/m0/s1. The van der Waals surface area contributed by atoms with Gasteiger partial charge in [0.15, 0.2) is 0 Å². The van der Waals surface area contributed by atoms with Crippen LogP contribution in [0.3, 0.4) is 0 Å². The predicted octanol–water partition coefficient (Wildman–Crippen LogP) is 4.81. The number of likely N-dealkylation sites (tertiary alicyclic amines) is 2. The lowest BCUT2D eigenvalue weighted by Crippen LogP contribution is -2.47. The number of anilines is 1. The minimum atomic E-state index is -0.817. The van der Waals surface area contributed by atoms with Crippen molar-refractivity contribution in [1.82, 2.24) is 9.80 Å². The van der Waals surface area contributed by atoms with E-state index in [4.69, 9.17) is 23.2 Å². The van der Waals surface area contributed by atoms with Crippen molar-refractivity contribution < 1.29 is 14.7 Å². The van der Waals surface area contributed by atoms with Crippen LogP contribution >= 0.6 is 23.2 Å². The van der Waals surface area contributed by atoms with E-state index in [0.29, 0.717) is 28.1 Å². The summed E-state index contributed by atoms with van der Waals surface area (Å²) in [6, 6.07) is 13.8. The number of fused-ring (bicyclic) bond motifs is 1. The number of hydrogen-bond donors (Lipinski definition) is 2. The molecule has 8 heteroatoms. The number of hydrogen-bond acceptors (Lipinski definition) is 4. The van der Waals surface area contributed by atoms with E-state index >= 15 is 0 Å². The zero-order valence-electron chi connectivity index (χ0n) is 19.1. The second-order valence-electron chi connectivity index (χ2n) is 9.94. The first kappa shape index (κ1) is 23.6. The lowest BCUT2D eigenvalue weighted by atomic mass is 9.73. The van der Waals surface area contributed by atoms with E-state index in [9.17, 15) is 14.7 Å². The first-order valence-corrected chi connectivity index (χ1v) is 12.6. The number of carboxylic acid groups (broad SMARTS) is 1. The molecule has 6 nitrogen and oxygen atoms in total. The van der Waals surface area contributed by atoms with E-state index in [-0.39, 0.29) is 24.5 Å². The van der Waals surface area contributed by atoms with Crippen LogP contribution in [0.15, 0.2) is 42.5 Å². The Morgan fingerprint density at radius 1 is 1.18 bits per heavy atom. The molecule has 2 heterocycles. The number of nitrogens with one attached hydrogen (secondary N) is 1. The summed E-state index contributed by atoms with van der Waals surface area (Å²) < 4.78 is 0. The van der Waals surface area contributed by atoms with Crippen molar-refractivity contribution in [2.45, 2.75) is 49.7 Å². The highest BCUT2D eigenvalue weighted by Gasteiger charge is 2.62. The monoisotopic (exact) mass is 501 g/mol. The Morgan fingerprint density at radius 2 is 1.94 bits per heavy atom. The van der Waals surface area contributed by atoms with Gasteiger partial charge in [-0.25, -0.2) is 0 Å². The molecule has 0 spiro atoms. The molecule has 3 fully saturated rings. The highest BCUT2D eigenvalue weighted by Crippen LogP contribution is 2.58. The number of benzene rings is 2. The van der Waals surface area contributed by atoms with Gasteiger partial charge in [-0.2, -0.15) is 0 Å². The van der Waals surface area contributed by atoms with Crippen molar-refractivity contribution in [3.05, 3.63) is 63.6 Å². The van der Waals surface area contributed by atoms with Crippen molar-refractivity contribution >= 4 is 41.3 Å². The van der Waals surface area contributed by atoms with Gasteiger partial charge in [0.2, 0.25) is 6.41 Å². The van der Waals surface area contributed by atoms with Crippen molar-refractivity contribution in [3.8, 4) is 0 Å². The number of rotatable bonds is 8. The van der Waals surface area contributed by atoms with Crippen molar-refractivity contribution in [3.63, 3.8) is 0 Å². The normalized spacial score (nSPS) is 29.2. The minimum Gasteiger partial charge on any atom is -0.480 e. The minimum absolute atomic E-state index is 0.00560. The molecule has 0 unspecified atom stereocenters. The SMILES string of the molecule is C[C@@]1(c2ccc(Cl)cc2NC=O)[C@@H](c2cccc(Cl)c2)[C@H]2[C@H](CCN2CC(=O)O)N1CC1CC1. The van der Waals surface area contributed by atoms with Crippen molar-refractivity contribution in [2.24, 2.45) is 5.92 Å². The van der Waals surface area contributed by atoms with Crippen LogP contribution < -0.4 is 5.32 Å². The summed E-state index contributed by atoms with van der Waals surface area (Å²) in [5, 5.41) is 13.7. The average Bonchev–Trinajstić information content (AvgIpc) is 3.47. The fourth-order valence-corrected chi connectivity index (χ4v) is 6.81. The van der Waals surface area contributed by atoms with Crippen LogP contribution in [0.2, 0.25) is 10.0 Å². The first-order chi connectivity index (χ1) is 16.3. The summed E-state index contributed by atoms with van der Waals surface area (Å²) in [6.45, 7) is 3.93. The topological polar surface area (TPSA) is 72.9 Å². The van der Waals surface area contributed by atoms with Crippen LogP contribution in [0, 0.1) is 5.92 Å². The maximum Gasteiger partial charge on any atom is 0.317 e. The third-order valence-corrected chi connectivity index (χ3v) is 8.38. The molecule has 2 N–H and O–H groups in total. The molecule has 1 saturated carbocycles. The Kier molecular flexibility index (Phi) is 6.36. The molecular formula is C26H29Cl2N3O3. The summed E-state index contributed by atoms with van der Waals surface area (Å²) >= 11 is 12.8. The Bertz CT molecular complexity index is 1110. The number of nitrogens with zero attached hydrogens (tertiary/aromatic N) is 2. The maximum atomic E-state index is 11.8. The average molecular weight is 502 g/mol. The molecular weight excluding hydrogens is 473 g/mol. The molecule has 3 aliphatic rings. The molecule has 1 amide bonds. The molecule has 1 aliphatic carbocycles. The summed E-state index contributed by atoms with van der Waals surface area (Å²) in [5.41, 5.74) is 2.24. The van der Waals surface area contributed by atoms with Gasteiger partial charge in [0.1, 0.15) is 0 Å². The molecule has 2 aromatic rings. The quantitative estimate of drug-likeness (QED) is 0.507. The molecule has 4 atom stereocenters. The molecule has 2 saturated heterocycles. The number of amides is 1. The van der Waals surface area contributed by atoms with E-state index < -0.39 is 11.5 Å². The largest absolute Gasteiger partial charge is 0.480 e. The summed E-state index contributed by atoms with van der Waals surface area (Å²) in [7, 11) is 0. The highest BCUT2D eigenvalue weighted by molar-refractivity contribution is 6.31. The van der Waals surface area contributed by atoms with E-state index in [1.165, 1.54) is 12.8 Å². The van der Waals surface area contributed by atoms with E-state index in [1.807, 2.05) is 30.3 Å². The van der Waals surface area contributed by atoms with Crippen LogP contribution in [0.25, 0.3) is 0 Å². The fourth-order valence-electron chi connectivity index (χ4n) is 6.44. The van der Waals surface area contributed by atoms with Gasteiger partial charge in [0, 0.05) is 46.8 Å². The molecule has 2 aliphatic heterocycles. The number of halogens is 2. The van der Waals surface area contributed by atoms with Gasteiger partial charge in [-0.1, -0.05) is 41.4 Å². The zero-order chi connectivity index (χ0) is 24.0. The Morgan fingerprint density at radius 3 is 2.62 bits per heavy atom. The van der Waals surface area contributed by atoms with Gasteiger partial charge in [-0.15, -0.1) is 0 Å². The van der Waals surface area contributed by atoms with Gasteiger partial charge in [0.25, 0.3) is 0 Å². The van der Waals surface area contributed by atoms with Gasteiger partial charge in [-0.3, -0.25) is 19.4 Å². The molecule has 0 aromatic heterocycles.